The Morgan fingerprint density at radius 1 is 0.299 bits per heavy atom. The highest BCUT2D eigenvalue weighted by Crippen LogP contribution is 2.45. The predicted octanol–water partition coefficient (Wildman–Crippen LogP) is 19.8. The van der Waals surface area contributed by atoms with Crippen LogP contribution >= 0.6 is 22.7 Å². The summed E-state index contributed by atoms with van der Waals surface area (Å²) in [4.78, 5) is 16.0. The molecule has 77 heavy (non-hydrogen) atoms. The average molecular weight is 1020 g/mol. The van der Waals surface area contributed by atoms with Crippen molar-refractivity contribution in [3.63, 3.8) is 0 Å². The molecule has 0 aliphatic heterocycles. The number of rotatable bonds is 6. The van der Waals surface area contributed by atoms with E-state index in [-0.39, 0.29) is 0 Å². The lowest BCUT2D eigenvalue weighted by molar-refractivity contribution is 0.668. The number of hydrogen-bond acceptors (Lipinski definition) is 7. The second-order valence-electron chi connectivity index (χ2n) is 19.8. The first-order valence-corrected chi connectivity index (χ1v) is 27.3. The first-order valence-electron chi connectivity index (χ1n) is 25.7. The molecule has 11 aromatic carbocycles. The zero-order valence-electron chi connectivity index (χ0n) is 40.9. The lowest BCUT2D eigenvalue weighted by atomic mass is 9.99. The molecule has 0 atom stereocenters. The van der Waals surface area contributed by atoms with Gasteiger partial charge < -0.3 is 13.4 Å². The van der Waals surface area contributed by atoms with Gasteiger partial charge in [-0.05, 0) is 113 Å². The summed E-state index contributed by atoms with van der Waals surface area (Å²) in [5.41, 5.74) is 14.2. The molecular weight excluding hydrogens is 981 g/mol. The molecule has 17 rings (SSSR count). The van der Waals surface area contributed by atoms with Gasteiger partial charge in [0.25, 0.3) is 0 Å². The Morgan fingerprint density at radius 2 is 0.857 bits per heavy atom. The van der Waals surface area contributed by atoms with Gasteiger partial charge in [-0.25, -0.2) is 15.0 Å². The molecule has 6 nitrogen and oxygen atoms in total. The Kier molecular flexibility index (Phi) is 9.07. The van der Waals surface area contributed by atoms with Crippen LogP contribution in [0.4, 0.5) is 0 Å². The first kappa shape index (κ1) is 42.6. The second kappa shape index (κ2) is 16.4. The molecule has 0 radical (unpaired) electrons. The molecule has 0 aliphatic carbocycles. The minimum absolute atomic E-state index is 0.589. The molecule has 6 aromatic heterocycles. The van der Waals surface area contributed by atoms with Gasteiger partial charge in [-0.1, -0.05) is 140 Å². The second-order valence-corrected chi connectivity index (χ2v) is 22.0. The van der Waals surface area contributed by atoms with Crippen molar-refractivity contribution in [2.75, 3.05) is 0 Å². The number of benzene rings is 11. The third-order valence-corrected chi connectivity index (χ3v) is 17.8. The van der Waals surface area contributed by atoms with Crippen molar-refractivity contribution < 1.29 is 8.83 Å². The van der Waals surface area contributed by atoms with Gasteiger partial charge in [0.05, 0.1) is 11.0 Å². The maximum Gasteiger partial charge on any atom is 0.165 e. The Bertz CT molecular complexity index is 5310. The number of para-hydroxylation sites is 3. The van der Waals surface area contributed by atoms with Crippen molar-refractivity contribution in [2.24, 2.45) is 0 Å². The summed E-state index contributed by atoms with van der Waals surface area (Å²) in [6.45, 7) is 0. The number of fused-ring (bicyclic) bond motifs is 15. The van der Waals surface area contributed by atoms with E-state index in [9.17, 15) is 0 Å². The van der Waals surface area contributed by atoms with Gasteiger partial charge in [-0.3, -0.25) is 0 Å². The highest BCUT2D eigenvalue weighted by Gasteiger charge is 2.22. The molecular formula is C69H38N4O2S2. The molecule has 358 valence electrons. The Morgan fingerprint density at radius 3 is 1.73 bits per heavy atom. The molecule has 0 amide bonds. The van der Waals surface area contributed by atoms with E-state index in [2.05, 4.69) is 217 Å². The van der Waals surface area contributed by atoms with E-state index in [1.807, 2.05) is 18.2 Å². The molecule has 8 heteroatoms. The molecule has 0 aliphatic rings. The summed E-state index contributed by atoms with van der Waals surface area (Å²) >= 11 is 3.57. The highest BCUT2D eigenvalue weighted by molar-refractivity contribution is 7.26. The van der Waals surface area contributed by atoms with E-state index in [0.29, 0.717) is 17.5 Å². The summed E-state index contributed by atoms with van der Waals surface area (Å²) in [7, 11) is 0. The van der Waals surface area contributed by atoms with Crippen molar-refractivity contribution in [1.82, 2.24) is 19.5 Å². The summed E-state index contributed by atoms with van der Waals surface area (Å²) in [5, 5.41) is 11.5. The third-order valence-electron chi connectivity index (χ3n) is 15.5. The van der Waals surface area contributed by atoms with Gasteiger partial charge in [-0.2, -0.15) is 0 Å². The smallest absolute Gasteiger partial charge is 0.165 e. The average Bonchev–Trinajstić information content (AvgIpc) is 4.32. The summed E-state index contributed by atoms with van der Waals surface area (Å²) in [6.07, 6.45) is 0. The summed E-state index contributed by atoms with van der Waals surface area (Å²) in [6, 6.07) is 82.1. The largest absolute Gasteiger partial charge is 0.456 e. The fourth-order valence-corrected chi connectivity index (χ4v) is 14.3. The van der Waals surface area contributed by atoms with Crippen LogP contribution < -0.4 is 0 Å². The zero-order valence-corrected chi connectivity index (χ0v) is 42.5. The zero-order chi connectivity index (χ0) is 50.3. The maximum absolute atomic E-state index is 6.62. The first-order chi connectivity index (χ1) is 38.1. The fourth-order valence-electron chi connectivity index (χ4n) is 11.9. The van der Waals surface area contributed by atoms with Crippen molar-refractivity contribution in [3.8, 4) is 62.1 Å². The number of hydrogen-bond donors (Lipinski definition) is 0. The molecule has 0 spiro atoms. The van der Waals surface area contributed by atoms with Crippen LogP contribution in [0.2, 0.25) is 0 Å². The molecule has 0 saturated heterocycles. The topological polar surface area (TPSA) is 69.9 Å². The van der Waals surface area contributed by atoms with Crippen LogP contribution in [0.5, 0.6) is 0 Å². The van der Waals surface area contributed by atoms with E-state index in [1.165, 1.54) is 42.0 Å². The summed E-state index contributed by atoms with van der Waals surface area (Å²) < 4.78 is 20.1. The lowest BCUT2D eigenvalue weighted by Gasteiger charge is -2.10. The molecule has 0 saturated carbocycles. The van der Waals surface area contributed by atoms with Crippen LogP contribution in [0.3, 0.4) is 0 Å². The van der Waals surface area contributed by atoms with Crippen molar-refractivity contribution in [2.45, 2.75) is 0 Å². The van der Waals surface area contributed by atoms with Crippen molar-refractivity contribution >= 4 is 129 Å². The highest BCUT2D eigenvalue weighted by atomic mass is 32.1. The Balaban J connectivity index is 0.764. The number of aromatic nitrogens is 4. The van der Waals surface area contributed by atoms with E-state index >= 15 is 0 Å². The fraction of sp³-hybridized carbons (Fsp3) is 0. The van der Waals surface area contributed by atoms with Crippen LogP contribution in [0, 0.1) is 0 Å². The molecule has 0 unspecified atom stereocenters. The Labute approximate surface area is 447 Å². The van der Waals surface area contributed by atoms with Crippen LogP contribution in [-0.2, 0) is 0 Å². The minimum atomic E-state index is 0.589. The van der Waals surface area contributed by atoms with Gasteiger partial charge in [-0.15, -0.1) is 22.7 Å². The van der Waals surface area contributed by atoms with E-state index in [4.69, 9.17) is 23.8 Å². The summed E-state index contributed by atoms with van der Waals surface area (Å²) in [5.74, 6) is 1.84. The third kappa shape index (κ3) is 6.56. The molecule has 6 heterocycles. The molecule has 0 bridgehead atoms. The van der Waals surface area contributed by atoms with Crippen molar-refractivity contribution in [3.05, 3.63) is 231 Å². The van der Waals surface area contributed by atoms with E-state index in [0.717, 1.165) is 109 Å². The standard InChI is InChI=1S/C69H38N4O2S2/c1-2-12-44(13-3-1)73-56-20-7-4-14-45(56)46-29-24-40(35-57(46)73)39-28-33-59-55(34-39)49-30-25-41(36-60(49)75-59)42-26-32-52-64(38-42)76-63-23-11-18-53(65(52)63)68-70-67(43-27-31-48-47-15-5-8-21-58(47)74-61(48)37-43)71-69(72-68)54-19-10-17-51-50-16-6-9-22-62(50)77-66(51)54/h1-38H. The van der Waals surface area contributed by atoms with Crippen molar-refractivity contribution in [1.29, 1.82) is 0 Å². The molecule has 0 fully saturated rings. The van der Waals surface area contributed by atoms with Gasteiger partial charge >= 0.3 is 0 Å². The monoisotopic (exact) mass is 1020 g/mol. The minimum Gasteiger partial charge on any atom is -0.456 e. The van der Waals surface area contributed by atoms with E-state index < -0.39 is 0 Å². The van der Waals surface area contributed by atoms with Crippen LogP contribution in [0.1, 0.15) is 0 Å². The number of nitrogens with zero attached hydrogens (tertiary/aromatic N) is 4. The van der Waals surface area contributed by atoms with Crippen LogP contribution in [0.25, 0.3) is 168 Å². The SMILES string of the molecule is c1ccc(-n2c3ccccc3c3ccc(-c4ccc5oc6cc(-c7ccc8c(c7)sc7cccc(-c9nc(-c%10ccc%11c(c%10)oc%10ccccc%10%11)nc(-c%10cccc%11c%10sc%10ccccc%10%11)n9)c78)ccc6c5c4)cc32)cc1. The quantitative estimate of drug-likeness (QED) is 0.166. The van der Waals surface area contributed by atoms with E-state index in [1.54, 1.807) is 22.7 Å². The van der Waals surface area contributed by atoms with Gasteiger partial charge in [0.2, 0.25) is 0 Å². The normalized spacial score (nSPS) is 12.2. The number of thiophene rings is 2. The predicted molar refractivity (Wildman–Crippen MR) is 322 cm³/mol. The molecule has 17 aromatic rings. The van der Waals surface area contributed by atoms with Gasteiger partial charge in [0.1, 0.15) is 22.3 Å². The van der Waals surface area contributed by atoms with Gasteiger partial charge in [0.15, 0.2) is 17.5 Å². The maximum atomic E-state index is 6.62. The number of furan rings is 2. The Hall–Kier alpha value is -9.73. The molecule has 0 N–H and O–H groups in total. The lowest BCUT2D eigenvalue weighted by Crippen LogP contribution is -2.00. The van der Waals surface area contributed by atoms with Crippen LogP contribution in [-0.4, -0.2) is 19.5 Å². The van der Waals surface area contributed by atoms with Gasteiger partial charge in [0, 0.05) is 95.0 Å². The van der Waals surface area contributed by atoms with Crippen LogP contribution in [0.15, 0.2) is 239 Å².